The van der Waals surface area contributed by atoms with E-state index in [4.69, 9.17) is 5.73 Å². The Bertz CT molecular complexity index is 682. The number of nitrogens with zero attached hydrogens (tertiary/aromatic N) is 2. The lowest BCUT2D eigenvalue weighted by molar-refractivity contribution is -0.383. The van der Waals surface area contributed by atoms with Gasteiger partial charge in [-0.2, -0.15) is 0 Å². The van der Waals surface area contributed by atoms with E-state index in [2.05, 4.69) is 0 Å². The molecule has 8 nitrogen and oxygen atoms in total. The molecule has 1 saturated heterocycles. The van der Waals surface area contributed by atoms with Crippen LogP contribution in [0.5, 0.6) is 0 Å². The molecule has 1 aliphatic rings. The van der Waals surface area contributed by atoms with Gasteiger partial charge in [0.1, 0.15) is 4.21 Å². The first kappa shape index (κ1) is 15.7. The molecule has 1 aromatic rings. The third-order valence-electron chi connectivity index (χ3n) is 3.34. The van der Waals surface area contributed by atoms with E-state index in [0.717, 1.165) is 23.7 Å². The molecule has 1 unspecified atom stereocenters. The molecule has 1 aromatic heterocycles. The van der Waals surface area contributed by atoms with Crippen molar-refractivity contribution in [2.45, 2.75) is 17.1 Å². The van der Waals surface area contributed by atoms with E-state index in [-0.39, 0.29) is 27.4 Å². The van der Waals surface area contributed by atoms with Gasteiger partial charge in [-0.25, -0.2) is 8.42 Å². The maximum Gasteiger partial charge on any atom is 0.305 e. The predicted molar refractivity (Wildman–Crippen MR) is 78.2 cm³/mol. The van der Waals surface area contributed by atoms with E-state index in [1.165, 1.54) is 0 Å². The first-order chi connectivity index (χ1) is 9.70. The second kappa shape index (κ2) is 5.60. The van der Waals surface area contributed by atoms with Gasteiger partial charge in [0.25, 0.3) is 0 Å². The van der Waals surface area contributed by atoms with Crippen molar-refractivity contribution in [1.82, 2.24) is 0 Å². The maximum atomic E-state index is 11.6. The third kappa shape index (κ3) is 3.32. The summed E-state index contributed by atoms with van der Waals surface area (Å²) < 4.78 is 23.1. The molecule has 10 heteroatoms. The van der Waals surface area contributed by atoms with Crippen LogP contribution in [0.4, 0.5) is 10.7 Å². The summed E-state index contributed by atoms with van der Waals surface area (Å²) in [5, 5.41) is 11.4. The number of primary amides is 1. The van der Waals surface area contributed by atoms with Crippen LogP contribution in [0, 0.1) is 16.0 Å². The number of rotatable bonds is 4. The molecule has 1 aliphatic heterocycles. The number of sulfone groups is 1. The van der Waals surface area contributed by atoms with Crippen molar-refractivity contribution in [3.05, 3.63) is 16.2 Å². The predicted octanol–water partition coefficient (Wildman–Crippen LogP) is 0.762. The fraction of sp³-hybridized carbons (Fsp3) is 0.545. The number of piperidine rings is 1. The topological polar surface area (TPSA) is 124 Å². The Morgan fingerprint density at radius 1 is 1.57 bits per heavy atom. The van der Waals surface area contributed by atoms with Gasteiger partial charge in [-0.15, -0.1) is 0 Å². The second-order valence-electron chi connectivity index (χ2n) is 4.97. The molecule has 1 fully saturated rings. The largest absolute Gasteiger partial charge is 0.369 e. The van der Waals surface area contributed by atoms with Gasteiger partial charge >= 0.3 is 5.69 Å². The normalized spacial score (nSPS) is 19.5. The Kier molecular flexibility index (Phi) is 4.19. The molecule has 1 atom stereocenters. The fourth-order valence-corrected chi connectivity index (χ4v) is 4.35. The van der Waals surface area contributed by atoms with Crippen LogP contribution in [0.15, 0.2) is 10.3 Å². The molecule has 0 radical (unpaired) electrons. The number of nitro groups is 1. The van der Waals surface area contributed by atoms with Crippen molar-refractivity contribution >= 4 is 37.8 Å². The highest BCUT2D eigenvalue weighted by Gasteiger charge is 2.31. The SMILES string of the molecule is CS(=O)(=O)c1cc([N+](=O)[O-])c(N2CCCC(C(N)=O)C2)s1. The average molecular weight is 333 g/mol. The standard InChI is InChI=1S/C11H15N3O5S2/c1-21(18,19)9-5-8(14(16)17)11(20-9)13-4-2-3-7(6-13)10(12)15/h5,7H,2-4,6H2,1H3,(H2,12,15). The highest BCUT2D eigenvalue weighted by molar-refractivity contribution is 7.92. The number of hydrogen-bond acceptors (Lipinski definition) is 7. The lowest BCUT2D eigenvalue weighted by atomic mass is 9.98. The van der Waals surface area contributed by atoms with E-state index in [9.17, 15) is 23.3 Å². The van der Waals surface area contributed by atoms with Crippen LogP contribution in [0.25, 0.3) is 0 Å². The molecule has 0 bridgehead atoms. The first-order valence-corrected chi connectivity index (χ1v) is 8.93. The fourth-order valence-electron chi connectivity index (χ4n) is 2.28. The molecule has 21 heavy (non-hydrogen) atoms. The minimum absolute atomic E-state index is 0.0506. The molecule has 2 rings (SSSR count). The Hall–Kier alpha value is -1.68. The van der Waals surface area contributed by atoms with Crippen LogP contribution in [0.1, 0.15) is 12.8 Å². The number of carbonyl (C=O) groups is 1. The zero-order valence-corrected chi connectivity index (χ0v) is 12.9. The van der Waals surface area contributed by atoms with Gasteiger partial charge in [0.05, 0.1) is 10.8 Å². The highest BCUT2D eigenvalue weighted by Crippen LogP contribution is 2.41. The van der Waals surface area contributed by atoms with Crippen LogP contribution in [0.2, 0.25) is 0 Å². The zero-order chi connectivity index (χ0) is 15.8. The smallest absolute Gasteiger partial charge is 0.305 e. The van der Waals surface area contributed by atoms with Crippen molar-refractivity contribution < 1.29 is 18.1 Å². The van der Waals surface area contributed by atoms with Crippen molar-refractivity contribution in [3.8, 4) is 0 Å². The van der Waals surface area contributed by atoms with Gasteiger partial charge in [-0.3, -0.25) is 14.9 Å². The van der Waals surface area contributed by atoms with E-state index < -0.39 is 20.7 Å². The summed E-state index contributed by atoms with van der Waals surface area (Å²) in [5.74, 6) is -0.815. The third-order valence-corrected chi connectivity index (χ3v) is 6.33. The van der Waals surface area contributed by atoms with Gasteiger partial charge in [0, 0.05) is 25.4 Å². The van der Waals surface area contributed by atoms with Gasteiger partial charge in [-0.1, -0.05) is 11.3 Å². The van der Waals surface area contributed by atoms with Gasteiger partial charge < -0.3 is 10.6 Å². The molecule has 0 aromatic carbocycles. The monoisotopic (exact) mass is 333 g/mol. The first-order valence-electron chi connectivity index (χ1n) is 6.22. The quantitative estimate of drug-likeness (QED) is 0.641. The number of anilines is 1. The summed E-state index contributed by atoms with van der Waals surface area (Å²) in [6, 6.07) is 1.07. The van der Waals surface area contributed by atoms with Crippen LogP contribution in [-0.4, -0.2) is 38.6 Å². The summed E-state index contributed by atoms with van der Waals surface area (Å²) in [5.41, 5.74) is 5.04. The molecule has 2 N–H and O–H groups in total. The van der Waals surface area contributed by atoms with Gasteiger partial charge in [0.15, 0.2) is 14.8 Å². The molecular formula is C11H15N3O5S2. The summed E-state index contributed by atoms with van der Waals surface area (Å²) in [6.45, 7) is 0.814. The van der Waals surface area contributed by atoms with E-state index in [1.54, 1.807) is 4.90 Å². The van der Waals surface area contributed by atoms with Crippen molar-refractivity contribution in [3.63, 3.8) is 0 Å². The van der Waals surface area contributed by atoms with Crippen LogP contribution in [-0.2, 0) is 14.6 Å². The Labute approximate surface area is 125 Å². The second-order valence-corrected chi connectivity index (χ2v) is 8.25. The summed E-state index contributed by atoms with van der Waals surface area (Å²) in [6.07, 6.45) is 2.33. The van der Waals surface area contributed by atoms with E-state index >= 15 is 0 Å². The molecule has 2 heterocycles. The van der Waals surface area contributed by atoms with Crippen molar-refractivity contribution in [2.75, 3.05) is 24.2 Å². The van der Waals surface area contributed by atoms with Crippen LogP contribution < -0.4 is 10.6 Å². The number of thiophene rings is 1. The molecule has 116 valence electrons. The summed E-state index contributed by atoms with van der Waals surface area (Å²) in [7, 11) is -3.51. The zero-order valence-electron chi connectivity index (χ0n) is 11.3. The Balaban J connectivity index is 2.40. The molecular weight excluding hydrogens is 318 g/mol. The van der Waals surface area contributed by atoms with E-state index in [0.29, 0.717) is 19.4 Å². The average Bonchev–Trinajstić information content (AvgIpc) is 2.84. The number of hydrogen-bond donors (Lipinski definition) is 1. The van der Waals surface area contributed by atoms with Gasteiger partial charge in [0.2, 0.25) is 5.91 Å². The molecule has 0 aliphatic carbocycles. The summed E-state index contributed by atoms with van der Waals surface area (Å²) >= 11 is 0.859. The highest BCUT2D eigenvalue weighted by atomic mass is 32.2. The van der Waals surface area contributed by atoms with Crippen molar-refractivity contribution in [2.24, 2.45) is 11.7 Å². The molecule has 0 spiro atoms. The minimum atomic E-state index is -3.51. The molecule has 0 saturated carbocycles. The van der Waals surface area contributed by atoms with Gasteiger partial charge in [-0.05, 0) is 12.8 Å². The summed E-state index contributed by atoms with van der Waals surface area (Å²) in [4.78, 5) is 23.5. The molecule has 1 amide bonds. The Morgan fingerprint density at radius 2 is 2.24 bits per heavy atom. The minimum Gasteiger partial charge on any atom is -0.369 e. The van der Waals surface area contributed by atoms with Crippen LogP contribution in [0.3, 0.4) is 0 Å². The number of nitrogens with two attached hydrogens (primary N) is 1. The van der Waals surface area contributed by atoms with Crippen LogP contribution >= 0.6 is 11.3 Å². The van der Waals surface area contributed by atoms with E-state index in [1.807, 2.05) is 0 Å². The maximum absolute atomic E-state index is 11.6. The number of amides is 1. The lowest BCUT2D eigenvalue weighted by Gasteiger charge is -2.31. The Morgan fingerprint density at radius 3 is 2.76 bits per heavy atom. The number of carbonyl (C=O) groups excluding carboxylic acids is 1. The lowest BCUT2D eigenvalue weighted by Crippen LogP contribution is -2.41. The van der Waals surface area contributed by atoms with Crippen molar-refractivity contribution in [1.29, 1.82) is 0 Å².